The number of primary amides is 1. The van der Waals surface area contributed by atoms with Gasteiger partial charge in [0.25, 0.3) is 0 Å². The molecule has 1 unspecified atom stereocenters. The second kappa shape index (κ2) is 6.97. The Bertz CT molecular complexity index is 595. The molecule has 2 amide bonds. The van der Waals surface area contributed by atoms with Crippen LogP contribution in [0.3, 0.4) is 0 Å². The van der Waals surface area contributed by atoms with Gasteiger partial charge in [0.1, 0.15) is 12.2 Å². The number of benzene rings is 1. The van der Waals surface area contributed by atoms with E-state index in [1.54, 1.807) is 0 Å². The van der Waals surface area contributed by atoms with Crippen molar-refractivity contribution >= 4 is 17.7 Å². The Labute approximate surface area is 135 Å². The van der Waals surface area contributed by atoms with Crippen LogP contribution in [0, 0.1) is 0 Å². The summed E-state index contributed by atoms with van der Waals surface area (Å²) >= 11 is 0. The van der Waals surface area contributed by atoms with E-state index in [1.165, 1.54) is 0 Å². The topological polar surface area (TPSA) is 103 Å². The van der Waals surface area contributed by atoms with Crippen LogP contribution in [0.15, 0.2) is 18.2 Å². The van der Waals surface area contributed by atoms with Gasteiger partial charge in [-0.15, -0.1) is 0 Å². The predicted octanol–water partition coefficient (Wildman–Crippen LogP) is 2.03. The number of fused-ring (bicyclic) bond motifs is 1. The lowest BCUT2D eigenvalue weighted by Crippen LogP contribution is -2.27. The molecule has 7 nitrogen and oxygen atoms in total. The summed E-state index contributed by atoms with van der Waals surface area (Å²) in [7, 11) is 0. The first-order chi connectivity index (χ1) is 10.7. The maximum atomic E-state index is 11.8. The van der Waals surface area contributed by atoms with Crippen molar-refractivity contribution in [1.82, 2.24) is 5.48 Å². The third kappa shape index (κ3) is 5.22. The van der Waals surface area contributed by atoms with Gasteiger partial charge in [0.15, 0.2) is 0 Å². The van der Waals surface area contributed by atoms with E-state index in [1.807, 2.05) is 39.0 Å². The molecule has 0 saturated heterocycles. The fraction of sp³-hybridized carbons (Fsp3) is 0.500. The molecule has 4 N–H and O–H groups in total. The van der Waals surface area contributed by atoms with Crippen LogP contribution in [0.25, 0.3) is 0 Å². The molecule has 0 bridgehead atoms. The molecule has 1 aromatic carbocycles. The smallest absolute Gasteiger partial charge is 0.412 e. The molecule has 0 heterocycles. The van der Waals surface area contributed by atoms with Gasteiger partial charge in [0.2, 0.25) is 5.91 Å². The van der Waals surface area contributed by atoms with Crippen LogP contribution >= 0.6 is 0 Å². The number of ether oxygens (including phenoxy) is 1. The molecule has 0 radical (unpaired) electrons. The molecule has 0 spiro atoms. The summed E-state index contributed by atoms with van der Waals surface area (Å²) in [5, 5.41) is 2.73. The van der Waals surface area contributed by atoms with Crippen LogP contribution in [0.1, 0.15) is 44.4 Å². The molecule has 2 rings (SSSR count). The molecule has 1 aliphatic rings. The third-order valence-electron chi connectivity index (χ3n) is 3.31. The van der Waals surface area contributed by atoms with Gasteiger partial charge in [-0.2, -0.15) is 5.48 Å². The van der Waals surface area contributed by atoms with Gasteiger partial charge in [0, 0.05) is 5.69 Å². The number of carbonyl (C=O) groups is 2. The summed E-state index contributed by atoms with van der Waals surface area (Å²) in [5.74, 6) is -0.521. The first kappa shape index (κ1) is 17.2. The zero-order valence-corrected chi connectivity index (χ0v) is 13.6. The Balaban J connectivity index is 1.96. The molecule has 23 heavy (non-hydrogen) atoms. The maximum Gasteiger partial charge on any atom is 0.412 e. The number of nitrogens with two attached hydrogens (primary N) is 1. The summed E-state index contributed by atoms with van der Waals surface area (Å²) in [4.78, 5) is 27.5. The van der Waals surface area contributed by atoms with E-state index in [2.05, 4.69) is 10.8 Å². The normalized spacial score (nSPS) is 16.7. The van der Waals surface area contributed by atoms with Gasteiger partial charge in [-0.3, -0.25) is 14.9 Å². The van der Waals surface area contributed by atoms with Crippen molar-refractivity contribution < 1.29 is 19.2 Å². The number of carbonyl (C=O) groups excluding carboxylic acids is 2. The average molecular weight is 321 g/mol. The highest BCUT2D eigenvalue weighted by Crippen LogP contribution is 2.33. The first-order valence-electron chi connectivity index (χ1n) is 7.53. The SMILES string of the molecule is CC(C)(C)OC(=O)Nc1ccc2c(c1)CCC2NOCC(N)=O. The minimum absolute atomic E-state index is 0.0138. The standard InChI is InChI=1S/C16H23N3O4/c1-16(2,3)23-15(21)18-11-5-6-12-10(8-11)4-7-13(12)19-22-9-14(17)20/h5-6,8,13,19H,4,7,9H2,1-3H3,(H2,17,20)(H,18,21). The molecule has 0 saturated carbocycles. The van der Waals surface area contributed by atoms with Crippen LogP contribution in [-0.4, -0.2) is 24.2 Å². The van der Waals surface area contributed by atoms with Crippen molar-refractivity contribution in [1.29, 1.82) is 0 Å². The van der Waals surface area contributed by atoms with Gasteiger partial charge in [-0.05, 0) is 56.9 Å². The van der Waals surface area contributed by atoms with E-state index in [9.17, 15) is 9.59 Å². The van der Waals surface area contributed by atoms with Crippen molar-refractivity contribution in [2.45, 2.75) is 45.3 Å². The highest BCUT2D eigenvalue weighted by atomic mass is 16.6. The minimum atomic E-state index is -0.534. The number of rotatable bonds is 5. The molecule has 0 fully saturated rings. The van der Waals surface area contributed by atoms with Crippen molar-refractivity contribution in [3.63, 3.8) is 0 Å². The Kier molecular flexibility index (Phi) is 5.23. The summed E-state index contributed by atoms with van der Waals surface area (Å²) in [6.07, 6.45) is 1.23. The molecule has 1 aromatic rings. The number of hydrogen-bond acceptors (Lipinski definition) is 5. The largest absolute Gasteiger partial charge is 0.444 e. The van der Waals surface area contributed by atoms with Gasteiger partial charge >= 0.3 is 6.09 Å². The van der Waals surface area contributed by atoms with E-state index >= 15 is 0 Å². The highest BCUT2D eigenvalue weighted by molar-refractivity contribution is 5.85. The summed E-state index contributed by atoms with van der Waals surface area (Å²) in [6, 6.07) is 5.69. The van der Waals surface area contributed by atoms with Crippen molar-refractivity contribution in [2.24, 2.45) is 5.73 Å². The van der Waals surface area contributed by atoms with Crippen molar-refractivity contribution in [3.05, 3.63) is 29.3 Å². The maximum absolute atomic E-state index is 11.8. The Morgan fingerprint density at radius 3 is 2.74 bits per heavy atom. The van der Waals surface area contributed by atoms with E-state index < -0.39 is 17.6 Å². The molecule has 0 aromatic heterocycles. The van der Waals surface area contributed by atoms with Crippen molar-refractivity contribution in [2.75, 3.05) is 11.9 Å². The quantitative estimate of drug-likeness (QED) is 0.720. The zero-order valence-electron chi connectivity index (χ0n) is 13.6. The first-order valence-corrected chi connectivity index (χ1v) is 7.53. The molecule has 7 heteroatoms. The number of hydrogen-bond donors (Lipinski definition) is 3. The van der Waals surface area contributed by atoms with Gasteiger partial charge in [0.05, 0.1) is 6.04 Å². The summed E-state index contributed by atoms with van der Waals surface area (Å²) in [6.45, 7) is 5.29. The minimum Gasteiger partial charge on any atom is -0.444 e. The lowest BCUT2D eigenvalue weighted by Gasteiger charge is -2.20. The van der Waals surface area contributed by atoms with Crippen LogP contribution in [0.2, 0.25) is 0 Å². The van der Waals surface area contributed by atoms with Crippen molar-refractivity contribution in [3.8, 4) is 0 Å². The fourth-order valence-corrected chi connectivity index (χ4v) is 2.45. The number of hydroxylamine groups is 1. The molecular formula is C16H23N3O4. The number of nitrogens with one attached hydrogen (secondary N) is 2. The second-order valence-corrected chi connectivity index (χ2v) is 6.50. The van der Waals surface area contributed by atoms with Crippen LogP contribution in [-0.2, 0) is 20.8 Å². The lowest BCUT2D eigenvalue weighted by molar-refractivity contribution is -0.126. The van der Waals surface area contributed by atoms with Crippen LogP contribution in [0.4, 0.5) is 10.5 Å². The highest BCUT2D eigenvalue weighted by Gasteiger charge is 2.23. The Hall–Kier alpha value is -2.12. The number of amides is 2. The molecule has 1 aliphatic carbocycles. The fourth-order valence-electron chi connectivity index (χ4n) is 2.45. The molecule has 1 atom stereocenters. The summed E-state index contributed by atoms with van der Waals surface area (Å²) < 4.78 is 5.23. The summed E-state index contributed by atoms with van der Waals surface area (Å²) in [5.41, 5.74) is 10.2. The molecule has 0 aliphatic heterocycles. The van der Waals surface area contributed by atoms with Gasteiger partial charge < -0.3 is 10.5 Å². The zero-order chi connectivity index (χ0) is 17.0. The lowest BCUT2D eigenvalue weighted by atomic mass is 10.1. The Morgan fingerprint density at radius 2 is 2.09 bits per heavy atom. The Morgan fingerprint density at radius 1 is 1.35 bits per heavy atom. The number of anilines is 1. The van der Waals surface area contributed by atoms with E-state index in [0.717, 1.165) is 24.0 Å². The van der Waals surface area contributed by atoms with Crippen LogP contribution in [0.5, 0.6) is 0 Å². The number of aryl methyl sites for hydroxylation is 1. The predicted molar refractivity (Wildman–Crippen MR) is 85.6 cm³/mol. The monoisotopic (exact) mass is 321 g/mol. The van der Waals surface area contributed by atoms with E-state index in [-0.39, 0.29) is 12.6 Å². The third-order valence-corrected chi connectivity index (χ3v) is 3.31. The van der Waals surface area contributed by atoms with Crippen LogP contribution < -0.4 is 16.5 Å². The van der Waals surface area contributed by atoms with E-state index in [4.69, 9.17) is 15.3 Å². The molecule has 126 valence electrons. The van der Waals surface area contributed by atoms with Gasteiger partial charge in [-0.1, -0.05) is 6.07 Å². The van der Waals surface area contributed by atoms with Gasteiger partial charge in [-0.25, -0.2) is 4.79 Å². The average Bonchev–Trinajstić information content (AvgIpc) is 2.78. The molecular weight excluding hydrogens is 298 g/mol. The second-order valence-electron chi connectivity index (χ2n) is 6.50. The van der Waals surface area contributed by atoms with E-state index in [0.29, 0.717) is 5.69 Å².